The molecule has 9 heteroatoms. The molecule has 1 N–H and O–H groups in total. The van der Waals surface area contributed by atoms with Crippen molar-refractivity contribution in [2.45, 2.75) is 19.0 Å². The average molecular weight is 413 g/mol. The molecule has 0 bridgehead atoms. The van der Waals surface area contributed by atoms with Crippen molar-refractivity contribution in [1.82, 2.24) is 4.98 Å². The molecule has 0 aliphatic carbocycles. The van der Waals surface area contributed by atoms with Crippen LogP contribution in [0.5, 0.6) is 0 Å². The lowest BCUT2D eigenvalue weighted by Crippen LogP contribution is -2.28. The molecule has 1 fully saturated rings. The van der Waals surface area contributed by atoms with Gasteiger partial charge in [0, 0.05) is 30.0 Å². The van der Waals surface area contributed by atoms with Gasteiger partial charge in [-0.25, -0.2) is 0 Å². The lowest BCUT2D eigenvalue weighted by Gasteiger charge is -2.15. The van der Waals surface area contributed by atoms with Gasteiger partial charge in [0.1, 0.15) is 0 Å². The normalized spacial score (nSPS) is 14.4. The second kappa shape index (κ2) is 7.25. The highest BCUT2D eigenvalue weighted by molar-refractivity contribution is 6.20. The molecule has 1 aromatic heterocycles. The Morgan fingerprint density at radius 2 is 1.63 bits per heavy atom. The number of pyridine rings is 1. The number of amides is 3. The number of nitrogens with one attached hydrogen (secondary N) is 1. The van der Waals surface area contributed by atoms with Crippen LogP contribution in [0.15, 0.2) is 54.7 Å². The van der Waals surface area contributed by atoms with Crippen molar-refractivity contribution < 1.29 is 27.6 Å². The predicted molar refractivity (Wildman–Crippen MR) is 103 cm³/mol. The topological polar surface area (TPSA) is 79.4 Å². The van der Waals surface area contributed by atoms with Crippen molar-refractivity contribution in [1.29, 1.82) is 0 Å². The van der Waals surface area contributed by atoms with E-state index in [1.165, 1.54) is 48.7 Å². The van der Waals surface area contributed by atoms with Crippen molar-refractivity contribution in [3.63, 3.8) is 0 Å². The maximum atomic E-state index is 13.2. The Labute approximate surface area is 168 Å². The van der Waals surface area contributed by atoms with Gasteiger partial charge >= 0.3 is 6.18 Å². The van der Waals surface area contributed by atoms with Gasteiger partial charge in [-0.1, -0.05) is 12.1 Å². The summed E-state index contributed by atoms with van der Waals surface area (Å²) in [6, 6.07) is 10.9. The molecule has 0 radical (unpaired) electrons. The van der Waals surface area contributed by atoms with Crippen molar-refractivity contribution in [3.05, 3.63) is 65.9 Å². The fourth-order valence-corrected chi connectivity index (χ4v) is 3.33. The number of hydrogen-bond donors (Lipinski definition) is 1. The number of aromatic nitrogens is 1. The predicted octanol–water partition coefficient (Wildman–Crippen LogP) is 4.16. The number of fused-ring (bicyclic) bond motifs is 1. The van der Waals surface area contributed by atoms with E-state index in [0.717, 1.165) is 11.0 Å². The summed E-state index contributed by atoms with van der Waals surface area (Å²) in [5.74, 6) is -1.16. The number of anilines is 2. The standard InChI is InChI=1S/C21H14F3N3O3/c22-21(23,24)15-3-1-2-14-16(10-11-25-19(14)15)26-20(30)12-4-6-13(7-5-12)27-17(28)8-9-18(27)29/h1-7,10-11H,8-9H2,(H,25,26,30). The number of hydrogen-bond acceptors (Lipinski definition) is 4. The van der Waals surface area contributed by atoms with Crippen LogP contribution in [0.25, 0.3) is 10.9 Å². The average Bonchev–Trinajstić information content (AvgIpc) is 3.05. The maximum Gasteiger partial charge on any atom is 0.418 e. The molecule has 0 saturated carbocycles. The first kappa shape index (κ1) is 19.6. The van der Waals surface area contributed by atoms with Crippen LogP contribution >= 0.6 is 0 Å². The summed E-state index contributed by atoms with van der Waals surface area (Å²) in [5.41, 5.74) is -0.382. The SMILES string of the molecule is O=C(Nc1ccnc2c(C(F)(F)F)cccc12)c1ccc(N2C(=O)CCC2=O)cc1. The highest BCUT2D eigenvalue weighted by atomic mass is 19.4. The molecule has 2 aromatic carbocycles. The number of alkyl halides is 3. The third-order valence-corrected chi connectivity index (χ3v) is 4.76. The van der Waals surface area contributed by atoms with E-state index in [0.29, 0.717) is 5.69 Å². The summed E-state index contributed by atoms with van der Waals surface area (Å²) in [6.07, 6.45) is -3.08. The van der Waals surface area contributed by atoms with E-state index in [2.05, 4.69) is 10.3 Å². The van der Waals surface area contributed by atoms with Gasteiger partial charge in [-0.15, -0.1) is 0 Å². The van der Waals surface area contributed by atoms with E-state index in [4.69, 9.17) is 0 Å². The summed E-state index contributed by atoms with van der Waals surface area (Å²) >= 11 is 0. The fourth-order valence-electron chi connectivity index (χ4n) is 3.33. The Balaban J connectivity index is 1.61. The van der Waals surface area contributed by atoms with Crippen molar-refractivity contribution in [3.8, 4) is 0 Å². The van der Waals surface area contributed by atoms with Crippen LogP contribution in [0.4, 0.5) is 24.5 Å². The number of para-hydroxylation sites is 1. The second-order valence-corrected chi connectivity index (χ2v) is 6.68. The van der Waals surface area contributed by atoms with Crippen LogP contribution in [0.3, 0.4) is 0 Å². The zero-order chi connectivity index (χ0) is 21.5. The Morgan fingerprint density at radius 3 is 2.27 bits per heavy atom. The third-order valence-electron chi connectivity index (χ3n) is 4.76. The molecule has 6 nitrogen and oxygen atoms in total. The number of imide groups is 1. The first-order valence-corrected chi connectivity index (χ1v) is 8.98. The van der Waals surface area contributed by atoms with Gasteiger partial charge in [-0.3, -0.25) is 24.3 Å². The zero-order valence-corrected chi connectivity index (χ0v) is 15.4. The van der Waals surface area contributed by atoms with E-state index in [1.54, 1.807) is 0 Å². The first-order valence-electron chi connectivity index (χ1n) is 8.98. The van der Waals surface area contributed by atoms with E-state index in [-0.39, 0.29) is 46.8 Å². The maximum absolute atomic E-state index is 13.2. The van der Waals surface area contributed by atoms with Crippen LogP contribution in [0, 0.1) is 0 Å². The van der Waals surface area contributed by atoms with Crippen LogP contribution in [0.1, 0.15) is 28.8 Å². The summed E-state index contributed by atoms with van der Waals surface area (Å²) < 4.78 is 39.7. The van der Waals surface area contributed by atoms with Crippen molar-refractivity contribution in [2.75, 3.05) is 10.2 Å². The Morgan fingerprint density at radius 1 is 0.967 bits per heavy atom. The molecular formula is C21H14F3N3O3. The first-order chi connectivity index (χ1) is 14.3. The minimum absolute atomic E-state index is 0.149. The van der Waals surface area contributed by atoms with Gasteiger partial charge in [0.15, 0.2) is 0 Å². The molecule has 1 aliphatic rings. The van der Waals surface area contributed by atoms with Gasteiger partial charge in [0.05, 0.1) is 22.5 Å². The minimum atomic E-state index is -4.57. The molecule has 1 aliphatic heterocycles. The molecule has 2 heterocycles. The highest BCUT2D eigenvalue weighted by Gasteiger charge is 2.33. The van der Waals surface area contributed by atoms with Crippen molar-refractivity contribution in [2.24, 2.45) is 0 Å². The molecule has 30 heavy (non-hydrogen) atoms. The molecule has 152 valence electrons. The summed E-state index contributed by atoms with van der Waals surface area (Å²) in [5, 5.41) is 2.75. The van der Waals surface area contributed by atoms with E-state index in [1.807, 2.05) is 0 Å². The van der Waals surface area contributed by atoms with Crippen molar-refractivity contribution >= 4 is 40.0 Å². The van der Waals surface area contributed by atoms with Crippen LogP contribution in [-0.4, -0.2) is 22.7 Å². The fraction of sp³-hybridized carbons (Fsp3) is 0.143. The third kappa shape index (κ3) is 3.49. The smallest absolute Gasteiger partial charge is 0.321 e. The summed E-state index contributed by atoms with van der Waals surface area (Å²) in [4.78, 5) is 41.1. The van der Waals surface area contributed by atoms with E-state index >= 15 is 0 Å². The quantitative estimate of drug-likeness (QED) is 0.654. The highest BCUT2D eigenvalue weighted by Crippen LogP contribution is 2.35. The zero-order valence-electron chi connectivity index (χ0n) is 15.4. The van der Waals surface area contributed by atoms with E-state index in [9.17, 15) is 27.6 Å². The van der Waals surface area contributed by atoms with Gasteiger partial charge in [-0.05, 0) is 36.4 Å². The number of nitrogens with zero attached hydrogens (tertiary/aromatic N) is 2. The minimum Gasteiger partial charge on any atom is -0.321 e. The second-order valence-electron chi connectivity index (χ2n) is 6.68. The molecule has 3 aromatic rings. The van der Waals surface area contributed by atoms with E-state index < -0.39 is 17.6 Å². The number of rotatable bonds is 3. The van der Waals surface area contributed by atoms with Crippen LogP contribution in [0.2, 0.25) is 0 Å². The van der Waals surface area contributed by atoms with Gasteiger partial charge in [0.2, 0.25) is 11.8 Å². The Kier molecular flexibility index (Phi) is 4.73. The van der Waals surface area contributed by atoms with Gasteiger partial charge < -0.3 is 5.32 Å². The molecule has 0 spiro atoms. The molecule has 1 saturated heterocycles. The molecule has 4 rings (SSSR count). The number of carbonyl (C=O) groups is 3. The largest absolute Gasteiger partial charge is 0.418 e. The summed E-state index contributed by atoms with van der Waals surface area (Å²) in [6.45, 7) is 0. The lowest BCUT2D eigenvalue weighted by atomic mass is 10.1. The van der Waals surface area contributed by atoms with Crippen LogP contribution in [-0.2, 0) is 15.8 Å². The molecule has 0 atom stereocenters. The van der Waals surface area contributed by atoms with Gasteiger partial charge in [0.25, 0.3) is 5.91 Å². The molecular weight excluding hydrogens is 399 g/mol. The Hall–Kier alpha value is -3.75. The lowest BCUT2D eigenvalue weighted by molar-refractivity contribution is -0.136. The number of benzene rings is 2. The number of halogens is 3. The monoisotopic (exact) mass is 413 g/mol. The van der Waals surface area contributed by atoms with Crippen LogP contribution < -0.4 is 10.2 Å². The molecule has 0 unspecified atom stereocenters. The Bertz CT molecular complexity index is 1160. The molecule has 3 amide bonds. The summed E-state index contributed by atoms with van der Waals surface area (Å²) in [7, 11) is 0. The van der Waals surface area contributed by atoms with Gasteiger partial charge in [-0.2, -0.15) is 13.2 Å². The number of carbonyl (C=O) groups excluding carboxylic acids is 3.